The maximum Gasteiger partial charge on any atom is 0.0701 e. The largest absolute Gasteiger partial charge is 0.382 e. The summed E-state index contributed by atoms with van der Waals surface area (Å²) >= 11 is 6.62. The third-order valence-electron chi connectivity index (χ3n) is 3.99. The van der Waals surface area contributed by atoms with Crippen LogP contribution in [-0.2, 0) is 20.6 Å². The average molecular weight is 313 g/mol. The van der Waals surface area contributed by atoms with Crippen LogP contribution in [0.3, 0.4) is 0 Å². The van der Waals surface area contributed by atoms with Gasteiger partial charge in [0.2, 0.25) is 0 Å². The molecule has 0 N–H and O–H groups in total. The van der Waals surface area contributed by atoms with Crippen LogP contribution in [0.25, 0.3) is 0 Å². The lowest BCUT2D eigenvalue weighted by molar-refractivity contribution is 0.0214. The summed E-state index contributed by atoms with van der Waals surface area (Å²) in [6.45, 7) is 3.28. The van der Waals surface area contributed by atoms with Crippen LogP contribution in [0.1, 0.15) is 29.3 Å². The maximum atomic E-state index is 6.62. The molecule has 1 aliphatic rings. The lowest BCUT2D eigenvalue weighted by Gasteiger charge is -2.29. The van der Waals surface area contributed by atoms with Crippen molar-refractivity contribution in [3.05, 3.63) is 35.4 Å². The molecule has 0 aliphatic heterocycles. The average Bonchev–Trinajstić information content (AvgIpc) is 2.52. The summed E-state index contributed by atoms with van der Waals surface area (Å²) < 4.78 is 15.9. The van der Waals surface area contributed by atoms with E-state index in [9.17, 15) is 0 Å². The molecule has 0 saturated heterocycles. The third kappa shape index (κ3) is 5.26. The first-order valence-electron chi connectivity index (χ1n) is 7.69. The van der Waals surface area contributed by atoms with E-state index >= 15 is 0 Å². The van der Waals surface area contributed by atoms with Gasteiger partial charge in [-0.1, -0.05) is 24.3 Å². The molecule has 0 heterocycles. The van der Waals surface area contributed by atoms with Gasteiger partial charge in [0, 0.05) is 13.7 Å². The third-order valence-corrected chi connectivity index (χ3v) is 4.58. The van der Waals surface area contributed by atoms with Crippen molar-refractivity contribution in [1.29, 1.82) is 0 Å². The second-order valence-corrected chi connectivity index (χ2v) is 5.88. The number of halogens is 1. The van der Waals surface area contributed by atoms with Crippen molar-refractivity contribution < 1.29 is 14.2 Å². The Balaban J connectivity index is 1.62. The maximum absolute atomic E-state index is 6.62. The van der Waals surface area contributed by atoms with Crippen molar-refractivity contribution in [2.24, 2.45) is 5.92 Å². The highest BCUT2D eigenvalue weighted by molar-refractivity contribution is 6.21. The van der Waals surface area contributed by atoms with E-state index in [0.717, 1.165) is 25.9 Å². The van der Waals surface area contributed by atoms with Gasteiger partial charge in [0.15, 0.2) is 0 Å². The molecular formula is C17H25ClO3. The molecule has 1 aromatic carbocycles. The lowest BCUT2D eigenvalue weighted by atomic mass is 9.82. The van der Waals surface area contributed by atoms with Gasteiger partial charge < -0.3 is 14.2 Å². The predicted molar refractivity (Wildman–Crippen MR) is 85.0 cm³/mol. The Labute approximate surface area is 132 Å². The second kappa shape index (κ2) is 9.42. The van der Waals surface area contributed by atoms with Crippen molar-refractivity contribution in [3.63, 3.8) is 0 Å². The Morgan fingerprint density at radius 2 is 1.76 bits per heavy atom. The molecule has 21 heavy (non-hydrogen) atoms. The quantitative estimate of drug-likeness (QED) is 0.515. The number of benzene rings is 1. The van der Waals surface area contributed by atoms with Crippen molar-refractivity contribution in [3.8, 4) is 0 Å². The molecule has 0 spiro atoms. The molecule has 0 aromatic heterocycles. The van der Waals surface area contributed by atoms with Gasteiger partial charge in [-0.15, -0.1) is 11.6 Å². The van der Waals surface area contributed by atoms with Crippen LogP contribution in [0.5, 0.6) is 0 Å². The predicted octanol–water partition coefficient (Wildman–Crippen LogP) is 3.60. The Morgan fingerprint density at radius 3 is 2.57 bits per heavy atom. The molecule has 0 bridgehead atoms. The van der Waals surface area contributed by atoms with Gasteiger partial charge >= 0.3 is 0 Å². The van der Waals surface area contributed by atoms with E-state index in [1.165, 1.54) is 11.1 Å². The molecule has 118 valence electrons. The molecule has 0 radical (unpaired) electrons. The second-order valence-electron chi connectivity index (χ2n) is 5.41. The van der Waals surface area contributed by atoms with Gasteiger partial charge in [-0.25, -0.2) is 0 Å². The van der Waals surface area contributed by atoms with E-state index in [1.807, 2.05) is 0 Å². The molecule has 4 heteroatoms. The van der Waals surface area contributed by atoms with Crippen molar-refractivity contribution in [2.45, 2.75) is 24.6 Å². The fourth-order valence-corrected chi connectivity index (χ4v) is 3.23. The highest BCUT2D eigenvalue weighted by atomic mass is 35.5. The minimum absolute atomic E-state index is 0.122. The Kier molecular flexibility index (Phi) is 7.51. The zero-order valence-electron chi connectivity index (χ0n) is 12.7. The van der Waals surface area contributed by atoms with E-state index < -0.39 is 0 Å². The van der Waals surface area contributed by atoms with Crippen LogP contribution in [0.15, 0.2) is 24.3 Å². The standard InChI is InChI=1S/C17H25ClO3/c1-19-10-11-21-13-12-20-9-8-15-7-6-14-4-2-3-5-16(14)17(15)18/h2-5,15,17H,6-13H2,1H3. The Bertz CT molecular complexity index is 411. The fourth-order valence-electron chi connectivity index (χ4n) is 2.76. The van der Waals surface area contributed by atoms with Crippen LogP contribution >= 0.6 is 11.6 Å². The molecule has 1 aromatic rings. The first-order valence-corrected chi connectivity index (χ1v) is 8.13. The fraction of sp³-hybridized carbons (Fsp3) is 0.647. The van der Waals surface area contributed by atoms with Gasteiger partial charge in [0.1, 0.15) is 0 Å². The highest BCUT2D eigenvalue weighted by Gasteiger charge is 2.27. The summed E-state index contributed by atoms with van der Waals surface area (Å²) in [7, 11) is 1.67. The van der Waals surface area contributed by atoms with E-state index in [1.54, 1.807) is 7.11 Å². The minimum Gasteiger partial charge on any atom is -0.382 e. The number of hydrogen-bond donors (Lipinski definition) is 0. The van der Waals surface area contributed by atoms with Crippen LogP contribution in [0, 0.1) is 5.92 Å². The summed E-state index contributed by atoms with van der Waals surface area (Å²) in [6.07, 6.45) is 3.30. The molecule has 0 fully saturated rings. The summed E-state index contributed by atoms with van der Waals surface area (Å²) in [5.74, 6) is 0.510. The smallest absolute Gasteiger partial charge is 0.0701 e. The number of fused-ring (bicyclic) bond motifs is 1. The number of rotatable bonds is 9. The van der Waals surface area contributed by atoms with E-state index in [-0.39, 0.29) is 5.38 Å². The molecule has 1 aliphatic carbocycles. The topological polar surface area (TPSA) is 27.7 Å². The first-order chi connectivity index (χ1) is 10.3. The highest BCUT2D eigenvalue weighted by Crippen LogP contribution is 2.40. The first kappa shape index (κ1) is 16.8. The molecule has 2 atom stereocenters. The van der Waals surface area contributed by atoms with Crippen molar-refractivity contribution in [2.75, 3.05) is 40.1 Å². The number of methoxy groups -OCH3 is 1. The molecule has 0 amide bonds. The molecule has 2 unspecified atom stereocenters. The minimum atomic E-state index is 0.122. The molecular weight excluding hydrogens is 288 g/mol. The summed E-state index contributed by atoms with van der Waals surface area (Å²) in [5, 5.41) is 0.122. The summed E-state index contributed by atoms with van der Waals surface area (Å²) in [5.41, 5.74) is 2.71. The lowest BCUT2D eigenvalue weighted by Crippen LogP contribution is -2.19. The summed E-state index contributed by atoms with van der Waals surface area (Å²) in [6, 6.07) is 8.51. The van der Waals surface area contributed by atoms with Crippen molar-refractivity contribution in [1.82, 2.24) is 0 Å². The zero-order valence-corrected chi connectivity index (χ0v) is 13.5. The number of ether oxygens (including phenoxy) is 3. The van der Waals surface area contributed by atoms with E-state index in [2.05, 4.69) is 24.3 Å². The SMILES string of the molecule is COCCOCCOCCC1CCc2ccccc2C1Cl. The van der Waals surface area contributed by atoms with E-state index in [0.29, 0.717) is 32.3 Å². The molecule has 2 rings (SSSR count). The van der Waals surface area contributed by atoms with Gasteiger partial charge in [0.25, 0.3) is 0 Å². The van der Waals surface area contributed by atoms with Crippen LogP contribution < -0.4 is 0 Å². The Morgan fingerprint density at radius 1 is 1.05 bits per heavy atom. The zero-order chi connectivity index (χ0) is 14.9. The van der Waals surface area contributed by atoms with Gasteiger partial charge in [-0.3, -0.25) is 0 Å². The van der Waals surface area contributed by atoms with Crippen LogP contribution in [0.2, 0.25) is 0 Å². The normalized spacial score (nSPS) is 21.2. The monoisotopic (exact) mass is 312 g/mol. The van der Waals surface area contributed by atoms with Gasteiger partial charge in [0.05, 0.1) is 31.8 Å². The van der Waals surface area contributed by atoms with Crippen LogP contribution in [0.4, 0.5) is 0 Å². The Hall–Kier alpha value is -0.610. The molecule has 3 nitrogen and oxygen atoms in total. The number of aryl methyl sites for hydroxylation is 1. The van der Waals surface area contributed by atoms with E-state index in [4.69, 9.17) is 25.8 Å². The van der Waals surface area contributed by atoms with Crippen LogP contribution in [-0.4, -0.2) is 40.1 Å². The number of hydrogen-bond acceptors (Lipinski definition) is 3. The van der Waals surface area contributed by atoms with Crippen molar-refractivity contribution >= 4 is 11.6 Å². The summed E-state index contributed by atoms with van der Waals surface area (Å²) in [4.78, 5) is 0. The van der Waals surface area contributed by atoms with Gasteiger partial charge in [-0.05, 0) is 36.3 Å². The molecule has 0 saturated carbocycles. The van der Waals surface area contributed by atoms with Gasteiger partial charge in [-0.2, -0.15) is 0 Å². The number of alkyl halides is 1.